The fraction of sp³-hybridized carbons (Fsp3) is 0.167. The van der Waals surface area contributed by atoms with Crippen molar-refractivity contribution in [3.63, 3.8) is 0 Å². The van der Waals surface area contributed by atoms with Gasteiger partial charge >= 0.3 is 5.97 Å². The lowest BCUT2D eigenvalue weighted by atomic mass is 10.3. The highest BCUT2D eigenvalue weighted by molar-refractivity contribution is 7.13. The average molecular weight is 305 g/mol. The van der Waals surface area contributed by atoms with Crippen LogP contribution in [0.15, 0.2) is 28.2 Å². The standard InChI is InChI=1S/C12H11N5O3S/c13-4-8-10(12(18)19)15-16-17(8)5-7-6-21-11(14-7)9-2-1-3-20-9/h1-3,6H,4-5,13H2,(H,18,19). The molecular formula is C12H11N5O3S. The molecule has 0 aliphatic carbocycles. The fourth-order valence-electron chi connectivity index (χ4n) is 1.87. The van der Waals surface area contributed by atoms with E-state index in [1.807, 2.05) is 11.4 Å². The Bertz CT molecular complexity index is 762. The molecule has 108 valence electrons. The van der Waals surface area contributed by atoms with Crippen molar-refractivity contribution in [1.82, 2.24) is 20.0 Å². The molecule has 0 aliphatic rings. The largest absolute Gasteiger partial charge is 0.476 e. The highest BCUT2D eigenvalue weighted by Crippen LogP contribution is 2.24. The Kier molecular flexibility index (Phi) is 3.50. The van der Waals surface area contributed by atoms with E-state index in [1.54, 1.807) is 12.3 Å². The van der Waals surface area contributed by atoms with Crippen molar-refractivity contribution in [2.24, 2.45) is 5.73 Å². The highest BCUT2D eigenvalue weighted by atomic mass is 32.1. The summed E-state index contributed by atoms with van der Waals surface area (Å²) in [5, 5.41) is 19.1. The van der Waals surface area contributed by atoms with E-state index in [9.17, 15) is 4.79 Å². The van der Waals surface area contributed by atoms with Gasteiger partial charge in [-0.25, -0.2) is 14.5 Å². The van der Waals surface area contributed by atoms with Gasteiger partial charge in [-0.1, -0.05) is 5.21 Å². The Hall–Kier alpha value is -2.52. The number of nitrogens with two attached hydrogens (primary N) is 1. The zero-order valence-corrected chi connectivity index (χ0v) is 11.6. The van der Waals surface area contributed by atoms with E-state index in [1.165, 1.54) is 16.0 Å². The second-order valence-corrected chi connectivity index (χ2v) is 5.03. The number of aromatic nitrogens is 4. The quantitative estimate of drug-likeness (QED) is 0.726. The third-order valence-electron chi connectivity index (χ3n) is 2.83. The molecular weight excluding hydrogens is 294 g/mol. The first-order valence-corrected chi connectivity index (χ1v) is 6.91. The van der Waals surface area contributed by atoms with Crippen molar-refractivity contribution in [3.05, 3.63) is 40.9 Å². The molecule has 0 aromatic carbocycles. The zero-order chi connectivity index (χ0) is 14.8. The molecule has 0 aliphatic heterocycles. The van der Waals surface area contributed by atoms with E-state index < -0.39 is 5.97 Å². The molecule has 3 rings (SSSR count). The van der Waals surface area contributed by atoms with Gasteiger partial charge < -0.3 is 15.3 Å². The van der Waals surface area contributed by atoms with E-state index in [4.69, 9.17) is 15.3 Å². The summed E-state index contributed by atoms with van der Waals surface area (Å²) in [6, 6.07) is 3.62. The van der Waals surface area contributed by atoms with E-state index >= 15 is 0 Å². The number of thiazole rings is 1. The van der Waals surface area contributed by atoms with Crippen LogP contribution in [0, 0.1) is 0 Å². The third-order valence-corrected chi connectivity index (χ3v) is 3.73. The van der Waals surface area contributed by atoms with Crippen LogP contribution in [0.2, 0.25) is 0 Å². The number of furan rings is 1. The highest BCUT2D eigenvalue weighted by Gasteiger charge is 2.18. The number of carbonyl (C=O) groups is 1. The van der Waals surface area contributed by atoms with E-state index in [2.05, 4.69) is 15.3 Å². The van der Waals surface area contributed by atoms with Crippen molar-refractivity contribution in [2.45, 2.75) is 13.1 Å². The maximum Gasteiger partial charge on any atom is 0.358 e. The lowest BCUT2D eigenvalue weighted by molar-refractivity contribution is 0.0689. The smallest absolute Gasteiger partial charge is 0.358 e. The Labute approximate surface area is 122 Å². The number of rotatable bonds is 5. The second-order valence-electron chi connectivity index (χ2n) is 4.17. The van der Waals surface area contributed by atoms with Gasteiger partial charge in [-0.15, -0.1) is 16.4 Å². The molecule has 8 nitrogen and oxygen atoms in total. The van der Waals surface area contributed by atoms with Gasteiger partial charge in [0.05, 0.1) is 24.2 Å². The minimum absolute atomic E-state index is 0.0454. The van der Waals surface area contributed by atoms with Gasteiger partial charge in [0.15, 0.2) is 16.5 Å². The van der Waals surface area contributed by atoms with Crippen LogP contribution in [-0.2, 0) is 13.1 Å². The van der Waals surface area contributed by atoms with E-state index in [0.717, 1.165) is 10.7 Å². The molecule has 3 aromatic heterocycles. The summed E-state index contributed by atoms with van der Waals surface area (Å²) in [5.74, 6) is -0.452. The van der Waals surface area contributed by atoms with Crippen LogP contribution in [-0.4, -0.2) is 31.1 Å². The van der Waals surface area contributed by atoms with Crippen LogP contribution in [0.4, 0.5) is 0 Å². The van der Waals surface area contributed by atoms with Gasteiger partial charge in [-0.3, -0.25) is 0 Å². The molecule has 3 heterocycles. The summed E-state index contributed by atoms with van der Waals surface area (Å²) in [4.78, 5) is 15.4. The topological polar surface area (TPSA) is 120 Å². The minimum Gasteiger partial charge on any atom is -0.476 e. The number of nitrogens with zero attached hydrogens (tertiary/aromatic N) is 4. The first kappa shape index (κ1) is 13.5. The van der Waals surface area contributed by atoms with Crippen molar-refractivity contribution in [2.75, 3.05) is 0 Å². The Morgan fingerprint density at radius 2 is 2.38 bits per heavy atom. The van der Waals surface area contributed by atoms with Gasteiger partial charge in [-0.05, 0) is 12.1 Å². The molecule has 0 unspecified atom stereocenters. The lowest BCUT2D eigenvalue weighted by Crippen LogP contribution is -2.13. The minimum atomic E-state index is -1.14. The van der Waals surface area contributed by atoms with Crippen molar-refractivity contribution in [1.29, 1.82) is 0 Å². The molecule has 0 bridgehead atoms. The molecule has 0 amide bonds. The Morgan fingerprint density at radius 3 is 3.05 bits per heavy atom. The molecule has 3 aromatic rings. The monoisotopic (exact) mass is 305 g/mol. The molecule has 3 N–H and O–H groups in total. The predicted molar refractivity (Wildman–Crippen MR) is 73.8 cm³/mol. The summed E-state index contributed by atoms with van der Waals surface area (Å²) < 4.78 is 6.73. The van der Waals surface area contributed by atoms with Gasteiger partial charge in [-0.2, -0.15) is 0 Å². The Balaban J connectivity index is 1.86. The van der Waals surface area contributed by atoms with Crippen LogP contribution < -0.4 is 5.73 Å². The summed E-state index contributed by atoms with van der Waals surface area (Å²) >= 11 is 1.44. The van der Waals surface area contributed by atoms with Crippen LogP contribution in [0.5, 0.6) is 0 Å². The fourth-order valence-corrected chi connectivity index (χ4v) is 2.65. The number of hydrogen-bond donors (Lipinski definition) is 2. The maximum absolute atomic E-state index is 11.0. The molecule has 0 radical (unpaired) electrons. The molecule has 9 heteroatoms. The van der Waals surface area contributed by atoms with Gasteiger partial charge in [0.1, 0.15) is 0 Å². The van der Waals surface area contributed by atoms with E-state index in [-0.39, 0.29) is 12.2 Å². The van der Waals surface area contributed by atoms with Gasteiger partial charge in [0, 0.05) is 11.9 Å². The predicted octanol–water partition coefficient (Wildman–Crippen LogP) is 1.20. The summed E-state index contributed by atoms with van der Waals surface area (Å²) in [7, 11) is 0. The number of carboxylic acid groups (broad SMARTS) is 1. The van der Waals surface area contributed by atoms with Crippen molar-refractivity contribution < 1.29 is 14.3 Å². The van der Waals surface area contributed by atoms with Crippen LogP contribution in [0.1, 0.15) is 21.9 Å². The van der Waals surface area contributed by atoms with E-state index in [0.29, 0.717) is 18.0 Å². The molecule has 0 saturated carbocycles. The summed E-state index contributed by atoms with van der Waals surface area (Å²) in [5.41, 5.74) is 6.56. The maximum atomic E-state index is 11.0. The van der Waals surface area contributed by atoms with Crippen molar-refractivity contribution in [3.8, 4) is 10.8 Å². The summed E-state index contributed by atoms with van der Waals surface area (Å²) in [6.07, 6.45) is 1.58. The van der Waals surface area contributed by atoms with Gasteiger partial charge in [0.25, 0.3) is 0 Å². The zero-order valence-electron chi connectivity index (χ0n) is 10.8. The molecule has 0 spiro atoms. The van der Waals surface area contributed by atoms with Crippen LogP contribution in [0.3, 0.4) is 0 Å². The molecule has 21 heavy (non-hydrogen) atoms. The normalized spacial score (nSPS) is 10.9. The number of carboxylic acids is 1. The summed E-state index contributed by atoms with van der Waals surface area (Å²) in [6.45, 7) is 0.355. The first-order chi connectivity index (χ1) is 10.2. The van der Waals surface area contributed by atoms with Gasteiger partial charge in [0.2, 0.25) is 0 Å². The number of hydrogen-bond acceptors (Lipinski definition) is 7. The van der Waals surface area contributed by atoms with Crippen LogP contribution >= 0.6 is 11.3 Å². The first-order valence-electron chi connectivity index (χ1n) is 6.03. The Morgan fingerprint density at radius 1 is 1.52 bits per heavy atom. The third kappa shape index (κ3) is 2.56. The van der Waals surface area contributed by atoms with Crippen molar-refractivity contribution >= 4 is 17.3 Å². The molecule has 0 fully saturated rings. The molecule has 0 atom stereocenters. The lowest BCUT2D eigenvalue weighted by Gasteiger charge is -2.02. The average Bonchev–Trinajstić information content (AvgIpc) is 3.18. The second kappa shape index (κ2) is 5.46. The molecule has 0 saturated heterocycles. The number of aromatic carboxylic acids is 1. The SMILES string of the molecule is NCc1c(C(=O)O)nnn1Cc1csc(-c2ccco2)n1. The van der Waals surface area contributed by atoms with Crippen LogP contribution in [0.25, 0.3) is 10.8 Å².